The number of aliphatic carboxylic acids is 1. The van der Waals surface area contributed by atoms with Gasteiger partial charge in [0.25, 0.3) is 0 Å². The second-order valence-corrected chi connectivity index (χ2v) is 6.74. The third-order valence-corrected chi connectivity index (χ3v) is 4.49. The molecular weight excluding hydrogens is 222 g/mol. The number of rotatable bonds is 4. The fourth-order valence-electron chi connectivity index (χ4n) is 1.98. The van der Waals surface area contributed by atoms with Gasteiger partial charge in [-0.15, -0.1) is 0 Å². The summed E-state index contributed by atoms with van der Waals surface area (Å²) in [6, 6.07) is -0.127. The molecule has 1 aliphatic rings. The van der Waals surface area contributed by atoms with Crippen LogP contribution in [-0.2, 0) is 4.79 Å². The maximum absolute atomic E-state index is 11.2. The third kappa shape index (κ3) is 3.39. The summed E-state index contributed by atoms with van der Waals surface area (Å²) in [5.41, 5.74) is 0.202. The molecule has 16 heavy (non-hydrogen) atoms. The largest absolute Gasteiger partial charge is 0.480 e. The average molecular weight is 245 g/mol. The van der Waals surface area contributed by atoms with Gasteiger partial charge in [0.1, 0.15) is 6.04 Å². The number of carbonyl (C=O) groups is 1. The Bertz CT molecular complexity index is 253. The van der Waals surface area contributed by atoms with Gasteiger partial charge in [0.2, 0.25) is 0 Å². The van der Waals surface area contributed by atoms with Crippen molar-refractivity contribution in [3.05, 3.63) is 0 Å². The van der Waals surface area contributed by atoms with Crippen LogP contribution in [0.5, 0.6) is 0 Å². The standard InChI is InChI=1S/C12H23NO2S/c1-8(2)10(11(14)15)13-9-7-16-6-5-12(9,3)4/h8-10,13H,5-7H2,1-4H3,(H,14,15). The van der Waals surface area contributed by atoms with E-state index in [1.54, 1.807) is 0 Å². The molecule has 0 amide bonds. The summed E-state index contributed by atoms with van der Waals surface area (Å²) >= 11 is 1.92. The monoisotopic (exact) mass is 245 g/mol. The summed E-state index contributed by atoms with van der Waals surface area (Å²) in [6.07, 6.45) is 1.15. The number of carboxylic acids is 1. The van der Waals surface area contributed by atoms with Crippen LogP contribution in [0, 0.1) is 11.3 Å². The first-order chi connectivity index (χ1) is 7.34. The lowest BCUT2D eigenvalue weighted by atomic mass is 9.81. The maximum atomic E-state index is 11.2. The highest BCUT2D eigenvalue weighted by Crippen LogP contribution is 2.34. The summed E-state index contributed by atoms with van der Waals surface area (Å²) in [5, 5.41) is 12.5. The van der Waals surface area contributed by atoms with Gasteiger partial charge in [-0.05, 0) is 23.5 Å². The molecule has 1 saturated heterocycles. The summed E-state index contributed by atoms with van der Waals surface area (Å²) in [4.78, 5) is 11.2. The Hall–Kier alpha value is -0.220. The van der Waals surface area contributed by atoms with Gasteiger partial charge in [-0.3, -0.25) is 4.79 Å². The summed E-state index contributed by atoms with van der Waals surface area (Å²) < 4.78 is 0. The fraction of sp³-hybridized carbons (Fsp3) is 0.917. The van der Waals surface area contributed by atoms with E-state index in [1.165, 1.54) is 5.75 Å². The van der Waals surface area contributed by atoms with Crippen molar-refractivity contribution in [3.63, 3.8) is 0 Å². The average Bonchev–Trinajstić information content (AvgIpc) is 2.14. The van der Waals surface area contributed by atoms with E-state index < -0.39 is 12.0 Å². The zero-order valence-electron chi connectivity index (χ0n) is 10.6. The van der Waals surface area contributed by atoms with Gasteiger partial charge >= 0.3 is 5.97 Å². The number of hydrogen-bond donors (Lipinski definition) is 2. The number of nitrogens with one attached hydrogen (secondary N) is 1. The molecule has 1 rings (SSSR count). The number of hydrogen-bond acceptors (Lipinski definition) is 3. The Balaban J connectivity index is 2.66. The first-order valence-corrected chi connectivity index (χ1v) is 7.06. The van der Waals surface area contributed by atoms with Crippen molar-refractivity contribution in [3.8, 4) is 0 Å². The quantitative estimate of drug-likeness (QED) is 0.797. The minimum Gasteiger partial charge on any atom is -0.480 e. The molecule has 94 valence electrons. The van der Waals surface area contributed by atoms with Gasteiger partial charge in [-0.25, -0.2) is 0 Å². The molecule has 2 unspecified atom stereocenters. The van der Waals surface area contributed by atoms with Crippen LogP contribution >= 0.6 is 11.8 Å². The van der Waals surface area contributed by atoms with Gasteiger partial charge < -0.3 is 10.4 Å². The highest BCUT2D eigenvalue weighted by Gasteiger charge is 2.36. The first kappa shape index (κ1) is 13.8. The zero-order chi connectivity index (χ0) is 12.3. The first-order valence-electron chi connectivity index (χ1n) is 5.91. The molecule has 2 N–H and O–H groups in total. The van der Waals surface area contributed by atoms with Gasteiger partial charge in [0, 0.05) is 11.8 Å². The van der Waals surface area contributed by atoms with Gasteiger partial charge in [0.05, 0.1) is 0 Å². The molecule has 0 aliphatic carbocycles. The van der Waals surface area contributed by atoms with E-state index in [9.17, 15) is 9.90 Å². The molecule has 4 heteroatoms. The second-order valence-electron chi connectivity index (χ2n) is 5.59. The molecule has 1 aliphatic heterocycles. The molecule has 1 fully saturated rings. The molecular formula is C12H23NO2S. The van der Waals surface area contributed by atoms with Crippen LogP contribution in [0.25, 0.3) is 0 Å². The van der Waals surface area contributed by atoms with Crippen LogP contribution in [0.4, 0.5) is 0 Å². The Kier molecular flexibility index (Phi) is 4.68. The lowest BCUT2D eigenvalue weighted by Gasteiger charge is -2.40. The summed E-state index contributed by atoms with van der Waals surface area (Å²) in [5.74, 6) is 1.59. The molecule has 2 atom stereocenters. The van der Waals surface area contributed by atoms with Crippen molar-refractivity contribution < 1.29 is 9.90 Å². The molecule has 0 aromatic rings. The van der Waals surface area contributed by atoms with E-state index in [0.29, 0.717) is 6.04 Å². The molecule has 0 aromatic carbocycles. The summed E-state index contributed by atoms with van der Waals surface area (Å²) in [7, 11) is 0. The minimum atomic E-state index is -0.735. The van der Waals surface area contributed by atoms with Crippen LogP contribution in [0.15, 0.2) is 0 Å². The molecule has 0 saturated carbocycles. The topological polar surface area (TPSA) is 49.3 Å². The van der Waals surface area contributed by atoms with Crippen LogP contribution < -0.4 is 5.32 Å². The Morgan fingerprint density at radius 1 is 1.50 bits per heavy atom. The SMILES string of the molecule is CC(C)C(NC1CSCCC1(C)C)C(=O)O. The second kappa shape index (κ2) is 5.41. The van der Waals surface area contributed by atoms with Gasteiger partial charge in [-0.1, -0.05) is 27.7 Å². The highest BCUT2D eigenvalue weighted by molar-refractivity contribution is 7.99. The maximum Gasteiger partial charge on any atom is 0.320 e. The zero-order valence-corrected chi connectivity index (χ0v) is 11.4. The van der Waals surface area contributed by atoms with E-state index in [0.717, 1.165) is 12.2 Å². The Morgan fingerprint density at radius 3 is 2.56 bits per heavy atom. The van der Waals surface area contributed by atoms with Crippen LogP contribution in [-0.4, -0.2) is 34.7 Å². The van der Waals surface area contributed by atoms with Gasteiger partial charge in [0.15, 0.2) is 0 Å². The highest BCUT2D eigenvalue weighted by atomic mass is 32.2. The van der Waals surface area contributed by atoms with Crippen molar-refractivity contribution in [2.24, 2.45) is 11.3 Å². The smallest absolute Gasteiger partial charge is 0.320 e. The molecule has 0 radical (unpaired) electrons. The van der Waals surface area contributed by atoms with Crippen LogP contribution in [0.1, 0.15) is 34.1 Å². The predicted octanol–water partition coefficient (Wildman–Crippen LogP) is 2.22. The molecule has 0 aromatic heterocycles. The van der Waals surface area contributed by atoms with E-state index in [4.69, 9.17) is 0 Å². The van der Waals surface area contributed by atoms with Gasteiger partial charge in [-0.2, -0.15) is 11.8 Å². The van der Waals surface area contributed by atoms with E-state index in [2.05, 4.69) is 19.2 Å². The number of thioether (sulfide) groups is 1. The minimum absolute atomic E-state index is 0.125. The van der Waals surface area contributed by atoms with Crippen molar-refractivity contribution in [1.82, 2.24) is 5.32 Å². The molecule has 3 nitrogen and oxygen atoms in total. The van der Waals surface area contributed by atoms with E-state index in [-0.39, 0.29) is 11.3 Å². The van der Waals surface area contributed by atoms with Crippen LogP contribution in [0.2, 0.25) is 0 Å². The number of carboxylic acid groups (broad SMARTS) is 1. The van der Waals surface area contributed by atoms with Crippen molar-refractivity contribution in [2.45, 2.75) is 46.2 Å². The van der Waals surface area contributed by atoms with Crippen molar-refractivity contribution in [2.75, 3.05) is 11.5 Å². The van der Waals surface area contributed by atoms with E-state index >= 15 is 0 Å². The van der Waals surface area contributed by atoms with Crippen LogP contribution in [0.3, 0.4) is 0 Å². The van der Waals surface area contributed by atoms with E-state index in [1.807, 2.05) is 25.6 Å². The molecule has 0 bridgehead atoms. The Morgan fingerprint density at radius 2 is 2.12 bits per heavy atom. The lowest BCUT2D eigenvalue weighted by molar-refractivity contribution is -0.141. The molecule has 1 heterocycles. The lowest BCUT2D eigenvalue weighted by Crippen LogP contribution is -2.54. The third-order valence-electron chi connectivity index (χ3n) is 3.43. The van der Waals surface area contributed by atoms with Crippen molar-refractivity contribution in [1.29, 1.82) is 0 Å². The normalized spacial score (nSPS) is 26.7. The summed E-state index contributed by atoms with van der Waals surface area (Å²) in [6.45, 7) is 8.36. The van der Waals surface area contributed by atoms with Crippen molar-refractivity contribution >= 4 is 17.7 Å². The molecule has 0 spiro atoms. The predicted molar refractivity (Wildman–Crippen MR) is 68.9 cm³/mol. The Labute approximate surface area is 102 Å². The fourth-order valence-corrected chi connectivity index (χ4v) is 3.60.